The van der Waals surface area contributed by atoms with Crippen molar-refractivity contribution in [2.75, 3.05) is 26.7 Å². The van der Waals surface area contributed by atoms with Gasteiger partial charge in [-0.25, -0.2) is 4.39 Å². The first-order valence-electron chi connectivity index (χ1n) is 12.9. The third-order valence-electron chi connectivity index (χ3n) is 6.46. The molecule has 7 nitrogen and oxygen atoms in total. The molecule has 0 bridgehead atoms. The van der Waals surface area contributed by atoms with Crippen LogP contribution in [0.1, 0.15) is 53.8 Å². The van der Waals surface area contributed by atoms with Crippen LogP contribution < -0.4 is 25.8 Å². The van der Waals surface area contributed by atoms with Crippen LogP contribution in [0.25, 0.3) is 11.1 Å². The molecule has 0 radical (unpaired) electrons. The number of nitrogens with one attached hydrogen (secondary N) is 2. The van der Waals surface area contributed by atoms with Gasteiger partial charge in [0.2, 0.25) is 5.91 Å². The smallest absolute Gasteiger partial charge is 0.251 e. The molecule has 200 valence electrons. The molecule has 3 aromatic carbocycles. The molecule has 0 aliphatic carbocycles. The quantitative estimate of drug-likeness (QED) is 0.341. The highest BCUT2D eigenvalue weighted by atomic mass is 19.1. The molecule has 1 heterocycles. The van der Waals surface area contributed by atoms with Crippen LogP contribution in [-0.4, -0.2) is 38.6 Å². The maximum atomic E-state index is 13.6. The Morgan fingerprint density at radius 3 is 2.53 bits per heavy atom. The number of amides is 2. The Morgan fingerprint density at radius 2 is 1.84 bits per heavy atom. The van der Waals surface area contributed by atoms with Crippen molar-refractivity contribution in [1.82, 2.24) is 10.6 Å². The van der Waals surface area contributed by atoms with Crippen molar-refractivity contribution in [1.29, 1.82) is 0 Å². The Morgan fingerprint density at radius 1 is 1.08 bits per heavy atom. The number of halogens is 1. The molecule has 2 unspecified atom stereocenters. The van der Waals surface area contributed by atoms with E-state index in [1.807, 2.05) is 32.0 Å². The van der Waals surface area contributed by atoms with Gasteiger partial charge in [0.25, 0.3) is 5.91 Å². The van der Waals surface area contributed by atoms with E-state index in [2.05, 4.69) is 10.6 Å². The van der Waals surface area contributed by atoms with E-state index in [1.165, 1.54) is 12.1 Å². The molecule has 38 heavy (non-hydrogen) atoms. The molecule has 0 saturated heterocycles. The largest absolute Gasteiger partial charge is 0.493 e. The third kappa shape index (κ3) is 5.97. The van der Waals surface area contributed by atoms with Gasteiger partial charge < -0.3 is 25.8 Å². The molecule has 3 aromatic rings. The number of carbonyl (C=O) groups is 2. The maximum absolute atomic E-state index is 13.6. The van der Waals surface area contributed by atoms with Crippen LogP contribution >= 0.6 is 0 Å². The summed E-state index contributed by atoms with van der Waals surface area (Å²) in [5.41, 5.74) is 9.07. The molecular weight excluding hydrogens is 485 g/mol. The van der Waals surface area contributed by atoms with Gasteiger partial charge in [0.1, 0.15) is 29.3 Å². The summed E-state index contributed by atoms with van der Waals surface area (Å²) in [5, 5.41) is 5.68. The lowest BCUT2D eigenvalue weighted by Crippen LogP contribution is -2.28. The monoisotopic (exact) mass is 519 g/mol. The highest BCUT2D eigenvalue weighted by Crippen LogP contribution is 2.48. The van der Waals surface area contributed by atoms with Crippen molar-refractivity contribution < 1.29 is 23.5 Å². The molecule has 0 saturated carbocycles. The molecule has 8 heteroatoms. The fourth-order valence-corrected chi connectivity index (χ4v) is 4.47. The average molecular weight is 520 g/mol. The topological polar surface area (TPSA) is 103 Å². The minimum Gasteiger partial charge on any atom is -0.493 e. The van der Waals surface area contributed by atoms with E-state index in [4.69, 9.17) is 15.2 Å². The second-order valence-electron chi connectivity index (χ2n) is 9.74. The van der Waals surface area contributed by atoms with Gasteiger partial charge in [0.05, 0.1) is 6.61 Å². The zero-order valence-corrected chi connectivity index (χ0v) is 21.9. The molecule has 0 spiro atoms. The Hall–Kier alpha value is -3.91. The van der Waals surface area contributed by atoms with Gasteiger partial charge in [0, 0.05) is 30.3 Å². The fraction of sp³-hybridized carbons (Fsp3) is 0.333. The number of nitrogens with two attached hydrogens (primary N) is 1. The van der Waals surface area contributed by atoms with E-state index in [0.717, 1.165) is 11.1 Å². The van der Waals surface area contributed by atoms with Gasteiger partial charge in [-0.05, 0) is 72.5 Å². The normalized spacial score (nSPS) is 16.1. The van der Waals surface area contributed by atoms with Crippen LogP contribution in [-0.2, 0) is 4.79 Å². The lowest BCUT2D eigenvalue weighted by molar-refractivity contribution is -0.123. The average Bonchev–Trinajstić information content (AvgIpc) is 3.30. The SMILES string of the molecule is CNC(=O)C1c2cc(-c3cc(C(=O)NCC(C)C)ccc3OCCCN)ccc2OC1c1ccc(F)cc1. The molecule has 4 N–H and O–H groups in total. The number of rotatable bonds is 10. The van der Waals surface area contributed by atoms with E-state index in [1.54, 1.807) is 37.4 Å². The molecule has 2 atom stereocenters. The van der Waals surface area contributed by atoms with Crippen LogP contribution in [0.2, 0.25) is 0 Å². The minimum atomic E-state index is -0.639. The molecule has 1 aliphatic heterocycles. The number of carbonyl (C=O) groups excluding carboxylic acids is 2. The zero-order chi connectivity index (χ0) is 27.2. The Bertz CT molecular complexity index is 1290. The summed E-state index contributed by atoms with van der Waals surface area (Å²) in [7, 11) is 1.58. The van der Waals surface area contributed by atoms with E-state index >= 15 is 0 Å². The highest BCUT2D eigenvalue weighted by Gasteiger charge is 2.40. The second kappa shape index (κ2) is 12.1. The first kappa shape index (κ1) is 27.1. The number of hydrogen-bond donors (Lipinski definition) is 3. The Balaban J connectivity index is 1.74. The summed E-state index contributed by atoms with van der Waals surface area (Å²) in [6, 6.07) is 16.9. The van der Waals surface area contributed by atoms with Crippen LogP contribution in [0, 0.1) is 11.7 Å². The molecular formula is C30H34FN3O4. The maximum Gasteiger partial charge on any atom is 0.251 e. The lowest BCUT2D eigenvalue weighted by atomic mass is 9.88. The van der Waals surface area contributed by atoms with Crippen molar-refractivity contribution >= 4 is 11.8 Å². The molecule has 0 fully saturated rings. The summed E-state index contributed by atoms with van der Waals surface area (Å²) < 4.78 is 25.8. The highest BCUT2D eigenvalue weighted by molar-refractivity contribution is 5.96. The van der Waals surface area contributed by atoms with Gasteiger partial charge in [-0.15, -0.1) is 0 Å². The first-order chi connectivity index (χ1) is 18.3. The van der Waals surface area contributed by atoms with E-state index in [-0.39, 0.29) is 17.6 Å². The molecule has 4 rings (SSSR count). The van der Waals surface area contributed by atoms with E-state index < -0.39 is 12.0 Å². The summed E-state index contributed by atoms with van der Waals surface area (Å²) >= 11 is 0. The standard InChI is InChI=1S/C30H34FN3O4/c1-18(2)17-34-29(35)21-8-11-25(37-14-4-13-32)23(16-21)20-7-12-26-24(15-20)27(30(36)33-3)28(38-26)19-5-9-22(31)10-6-19/h5-12,15-16,18,27-28H,4,13-14,17,32H2,1-3H3,(H,33,36)(H,34,35). The zero-order valence-electron chi connectivity index (χ0n) is 21.9. The number of ether oxygens (including phenoxy) is 2. The van der Waals surface area contributed by atoms with Crippen molar-refractivity contribution in [3.63, 3.8) is 0 Å². The molecule has 2 amide bonds. The molecule has 1 aliphatic rings. The number of hydrogen-bond acceptors (Lipinski definition) is 5. The Labute approximate surface area is 222 Å². The number of benzene rings is 3. The van der Waals surface area contributed by atoms with Crippen molar-refractivity contribution in [3.8, 4) is 22.6 Å². The van der Waals surface area contributed by atoms with Crippen molar-refractivity contribution in [2.24, 2.45) is 11.7 Å². The van der Waals surface area contributed by atoms with Crippen LogP contribution in [0.5, 0.6) is 11.5 Å². The van der Waals surface area contributed by atoms with Crippen molar-refractivity contribution in [2.45, 2.75) is 32.3 Å². The third-order valence-corrected chi connectivity index (χ3v) is 6.46. The van der Waals surface area contributed by atoms with Gasteiger partial charge in [-0.2, -0.15) is 0 Å². The number of likely N-dealkylation sites (N-methyl/N-ethyl adjacent to an activating group) is 1. The predicted octanol–water partition coefficient (Wildman–Crippen LogP) is 4.57. The van der Waals surface area contributed by atoms with E-state index in [0.29, 0.717) is 60.2 Å². The minimum absolute atomic E-state index is 0.169. The van der Waals surface area contributed by atoms with Gasteiger partial charge in [-0.3, -0.25) is 9.59 Å². The summed E-state index contributed by atoms with van der Waals surface area (Å²) in [5.74, 6) is 0.137. The van der Waals surface area contributed by atoms with Crippen molar-refractivity contribution in [3.05, 3.63) is 83.2 Å². The van der Waals surface area contributed by atoms with Gasteiger partial charge in [-0.1, -0.05) is 32.0 Å². The van der Waals surface area contributed by atoms with E-state index in [9.17, 15) is 14.0 Å². The molecule has 0 aromatic heterocycles. The van der Waals surface area contributed by atoms with Crippen LogP contribution in [0.15, 0.2) is 60.7 Å². The van der Waals surface area contributed by atoms with Crippen LogP contribution in [0.3, 0.4) is 0 Å². The summed E-state index contributed by atoms with van der Waals surface area (Å²) in [4.78, 5) is 25.9. The number of fused-ring (bicyclic) bond motifs is 1. The van der Waals surface area contributed by atoms with Crippen LogP contribution in [0.4, 0.5) is 4.39 Å². The summed E-state index contributed by atoms with van der Waals surface area (Å²) in [6.07, 6.45) is 0.0841. The van der Waals surface area contributed by atoms with Gasteiger partial charge >= 0.3 is 0 Å². The fourth-order valence-electron chi connectivity index (χ4n) is 4.47. The lowest BCUT2D eigenvalue weighted by Gasteiger charge is -2.18. The van der Waals surface area contributed by atoms with Gasteiger partial charge in [0.15, 0.2) is 0 Å². The summed E-state index contributed by atoms with van der Waals surface area (Å²) in [6.45, 7) is 5.57. The first-order valence-corrected chi connectivity index (χ1v) is 12.9. The predicted molar refractivity (Wildman–Crippen MR) is 145 cm³/mol. The Kier molecular flexibility index (Phi) is 8.63. The second-order valence-corrected chi connectivity index (χ2v) is 9.74.